The van der Waals surface area contributed by atoms with Gasteiger partial charge in [-0.1, -0.05) is 19.1 Å². The minimum atomic E-state index is -0.436. The molecule has 0 spiro atoms. The Labute approximate surface area is 128 Å². The molecule has 0 atom stereocenters. The van der Waals surface area contributed by atoms with Gasteiger partial charge in [0.25, 0.3) is 5.91 Å². The Morgan fingerprint density at radius 2 is 1.77 bits per heavy atom. The number of hydrogen-bond donors (Lipinski definition) is 1. The minimum Gasteiger partial charge on any atom is -0.302 e. The molecular weight excluding hydrogens is 278 g/mol. The molecule has 22 heavy (non-hydrogen) atoms. The van der Waals surface area contributed by atoms with E-state index in [-0.39, 0.29) is 11.6 Å². The first-order chi connectivity index (χ1) is 10.7. The van der Waals surface area contributed by atoms with Gasteiger partial charge in [-0.2, -0.15) is 0 Å². The largest absolute Gasteiger partial charge is 0.333 e. The number of amides is 3. The van der Waals surface area contributed by atoms with Crippen molar-refractivity contribution in [2.75, 3.05) is 4.90 Å². The van der Waals surface area contributed by atoms with Gasteiger partial charge < -0.3 is 5.32 Å². The molecule has 0 radical (unpaired) electrons. The van der Waals surface area contributed by atoms with Crippen LogP contribution in [0.25, 0.3) is 6.08 Å². The van der Waals surface area contributed by atoms with E-state index in [0.717, 1.165) is 22.4 Å². The van der Waals surface area contributed by atoms with Crippen LogP contribution in [0.4, 0.5) is 10.5 Å². The molecule has 1 saturated heterocycles. The third kappa shape index (κ3) is 2.61. The third-order valence-corrected chi connectivity index (χ3v) is 3.50. The number of hydrogen-bond acceptors (Lipinski definition) is 3. The van der Waals surface area contributed by atoms with Crippen LogP contribution in [0.5, 0.6) is 0 Å². The van der Waals surface area contributed by atoms with Gasteiger partial charge in [0.1, 0.15) is 5.70 Å². The van der Waals surface area contributed by atoms with Gasteiger partial charge in [0.15, 0.2) is 0 Å². The summed E-state index contributed by atoms with van der Waals surface area (Å²) in [5.41, 5.74) is 2.79. The second-order valence-electron chi connectivity index (χ2n) is 4.93. The minimum absolute atomic E-state index is 0.260. The highest BCUT2D eigenvalue weighted by atomic mass is 16.2. The first kappa shape index (κ1) is 14.0. The van der Waals surface area contributed by atoms with Crippen molar-refractivity contribution in [1.82, 2.24) is 10.3 Å². The predicted molar refractivity (Wildman–Crippen MR) is 84.1 cm³/mol. The highest BCUT2D eigenvalue weighted by Gasteiger charge is 2.34. The van der Waals surface area contributed by atoms with Gasteiger partial charge in [0.05, 0.1) is 5.69 Å². The fourth-order valence-corrected chi connectivity index (χ4v) is 2.28. The summed E-state index contributed by atoms with van der Waals surface area (Å²) < 4.78 is 0. The second kappa shape index (κ2) is 5.81. The number of urea groups is 1. The Hall–Kier alpha value is -2.95. The molecule has 1 fully saturated rings. The maximum atomic E-state index is 12.4. The van der Waals surface area contributed by atoms with Gasteiger partial charge in [-0.25, -0.2) is 9.69 Å². The monoisotopic (exact) mass is 293 g/mol. The number of nitrogens with one attached hydrogen (secondary N) is 1. The molecule has 5 nitrogen and oxygen atoms in total. The molecule has 110 valence electrons. The highest BCUT2D eigenvalue weighted by molar-refractivity contribution is 6.28. The van der Waals surface area contributed by atoms with Crippen molar-refractivity contribution in [3.8, 4) is 0 Å². The highest BCUT2D eigenvalue weighted by Crippen LogP contribution is 2.22. The lowest BCUT2D eigenvalue weighted by atomic mass is 10.1. The van der Waals surface area contributed by atoms with Gasteiger partial charge in [0.2, 0.25) is 0 Å². The number of anilines is 1. The van der Waals surface area contributed by atoms with Crippen LogP contribution in [0, 0.1) is 0 Å². The average molecular weight is 293 g/mol. The predicted octanol–water partition coefficient (Wildman–Crippen LogP) is 2.74. The van der Waals surface area contributed by atoms with E-state index in [0.29, 0.717) is 5.69 Å². The number of aryl methyl sites for hydroxylation is 1. The topological polar surface area (TPSA) is 62.3 Å². The number of imide groups is 1. The SMILES string of the molecule is CCc1ccc(N2C(=O)NC(=Cc3ccncc3)C2=O)cc1. The van der Waals surface area contributed by atoms with Crippen LogP contribution in [0.1, 0.15) is 18.1 Å². The van der Waals surface area contributed by atoms with E-state index in [1.165, 1.54) is 0 Å². The molecule has 3 amide bonds. The first-order valence-electron chi connectivity index (χ1n) is 7.05. The third-order valence-electron chi connectivity index (χ3n) is 3.50. The Balaban J connectivity index is 1.89. The van der Waals surface area contributed by atoms with Crippen molar-refractivity contribution in [3.63, 3.8) is 0 Å². The zero-order valence-electron chi connectivity index (χ0n) is 12.1. The summed E-state index contributed by atoms with van der Waals surface area (Å²) in [4.78, 5) is 29.6. The summed E-state index contributed by atoms with van der Waals surface area (Å²) in [6, 6.07) is 10.5. The summed E-state index contributed by atoms with van der Waals surface area (Å²) >= 11 is 0. The van der Waals surface area contributed by atoms with E-state index < -0.39 is 6.03 Å². The first-order valence-corrected chi connectivity index (χ1v) is 7.05. The summed E-state index contributed by atoms with van der Waals surface area (Å²) in [5.74, 6) is -0.355. The molecule has 3 rings (SSSR count). The van der Waals surface area contributed by atoms with E-state index in [4.69, 9.17) is 0 Å². The normalized spacial score (nSPS) is 16.2. The standard InChI is InChI=1S/C17H15N3O2/c1-2-12-3-5-14(6-4-12)20-16(21)15(19-17(20)22)11-13-7-9-18-10-8-13/h3-11H,2H2,1H3,(H,19,22). The molecule has 1 aliphatic heterocycles. The average Bonchev–Trinajstić information content (AvgIpc) is 2.82. The number of benzene rings is 1. The number of carbonyl (C=O) groups is 2. The molecule has 1 aliphatic rings. The summed E-state index contributed by atoms with van der Waals surface area (Å²) in [6.45, 7) is 2.05. The van der Waals surface area contributed by atoms with Gasteiger partial charge in [-0.3, -0.25) is 9.78 Å². The number of pyridine rings is 1. The van der Waals surface area contributed by atoms with Crippen LogP contribution < -0.4 is 10.2 Å². The number of carbonyl (C=O) groups excluding carboxylic acids is 2. The quantitative estimate of drug-likeness (QED) is 0.699. The fourth-order valence-electron chi connectivity index (χ4n) is 2.28. The van der Waals surface area contributed by atoms with E-state index in [9.17, 15) is 9.59 Å². The van der Waals surface area contributed by atoms with E-state index in [1.807, 2.05) is 12.1 Å². The van der Waals surface area contributed by atoms with Gasteiger partial charge >= 0.3 is 6.03 Å². The zero-order chi connectivity index (χ0) is 15.5. The lowest BCUT2D eigenvalue weighted by molar-refractivity contribution is -0.113. The van der Waals surface area contributed by atoms with Crippen LogP contribution in [-0.4, -0.2) is 16.9 Å². The summed E-state index contributed by atoms with van der Waals surface area (Å²) in [6.07, 6.45) is 5.82. The van der Waals surface area contributed by atoms with Crippen molar-refractivity contribution >= 4 is 23.7 Å². The summed E-state index contributed by atoms with van der Waals surface area (Å²) in [7, 11) is 0. The number of rotatable bonds is 3. The summed E-state index contributed by atoms with van der Waals surface area (Å²) in [5, 5.41) is 2.61. The van der Waals surface area contributed by atoms with Crippen molar-refractivity contribution in [3.05, 3.63) is 65.6 Å². The lowest BCUT2D eigenvalue weighted by Crippen LogP contribution is -2.30. The Morgan fingerprint density at radius 3 is 2.41 bits per heavy atom. The lowest BCUT2D eigenvalue weighted by Gasteiger charge is -2.12. The molecule has 2 heterocycles. The Kier molecular flexibility index (Phi) is 3.70. The Bertz CT molecular complexity index is 736. The van der Waals surface area contributed by atoms with Crippen LogP contribution >= 0.6 is 0 Å². The zero-order valence-corrected chi connectivity index (χ0v) is 12.1. The van der Waals surface area contributed by atoms with Crippen molar-refractivity contribution in [2.24, 2.45) is 0 Å². The molecule has 1 aromatic carbocycles. The molecule has 0 unspecified atom stereocenters. The van der Waals surface area contributed by atoms with Crippen molar-refractivity contribution in [1.29, 1.82) is 0 Å². The molecular formula is C17H15N3O2. The van der Waals surface area contributed by atoms with Crippen LogP contribution in [0.2, 0.25) is 0 Å². The maximum Gasteiger partial charge on any atom is 0.333 e. The fraction of sp³-hybridized carbons (Fsp3) is 0.118. The van der Waals surface area contributed by atoms with Gasteiger partial charge in [0, 0.05) is 12.4 Å². The van der Waals surface area contributed by atoms with Crippen molar-refractivity contribution < 1.29 is 9.59 Å². The van der Waals surface area contributed by atoms with E-state index in [2.05, 4.69) is 17.2 Å². The van der Waals surface area contributed by atoms with Crippen LogP contribution in [-0.2, 0) is 11.2 Å². The molecule has 5 heteroatoms. The van der Waals surface area contributed by atoms with Gasteiger partial charge in [-0.15, -0.1) is 0 Å². The van der Waals surface area contributed by atoms with Crippen LogP contribution in [0.15, 0.2) is 54.5 Å². The molecule has 1 aromatic heterocycles. The second-order valence-corrected chi connectivity index (χ2v) is 4.93. The van der Waals surface area contributed by atoms with Gasteiger partial charge in [-0.05, 0) is 47.9 Å². The van der Waals surface area contributed by atoms with Crippen LogP contribution in [0.3, 0.4) is 0 Å². The number of aromatic nitrogens is 1. The Morgan fingerprint density at radius 1 is 1.09 bits per heavy atom. The molecule has 1 N–H and O–H groups in total. The molecule has 0 bridgehead atoms. The molecule has 0 saturated carbocycles. The molecule has 0 aliphatic carbocycles. The number of nitrogens with zero attached hydrogens (tertiary/aromatic N) is 2. The molecule has 2 aromatic rings. The van der Waals surface area contributed by atoms with E-state index >= 15 is 0 Å². The van der Waals surface area contributed by atoms with E-state index in [1.54, 1.807) is 42.7 Å². The van der Waals surface area contributed by atoms with Crippen molar-refractivity contribution in [2.45, 2.75) is 13.3 Å². The smallest absolute Gasteiger partial charge is 0.302 e. The maximum absolute atomic E-state index is 12.4.